The van der Waals surface area contributed by atoms with Crippen LogP contribution in [-0.4, -0.2) is 37.9 Å². The standard InChI is InChI=1S/C29H30N8O/c1-36-20-23(18-34-36)27-13-12-26(19-31-27)37(29(38)33-16-21-5-3-2-4-6-21)25-10-8-24(9-11-25)35-28-14-7-22(15-30)17-32-28/h2-7,12-14,17-20,24-25H,8-11,16H2,1H3,(H,32,35)(H,33,38). The van der Waals surface area contributed by atoms with E-state index in [0.29, 0.717) is 12.1 Å². The zero-order valence-corrected chi connectivity index (χ0v) is 21.3. The van der Waals surface area contributed by atoms with Gasteiger partial charge < -0.3 is 10.6 Å². The number of rotatable bonds is 7. The number of nitriles is 1. The van der Waals surface area contributed by atoms with Crippen LogP contribution in [0.15, 0.2) is 79.4 Å². The largest absolute Gasteiger partial charge is 0.367 e. The van der Waals surface area contributed by atoms with Crippen molar-refractivity contribution < 1.29 is 4.79 Å². The van der Waals surface area contributed by atoms with Crippen LogP contribution >= 0.6 is 0 Å². The number of nitrogens with one attached hydrogen (secondary N) is 2. The van der Waals surface area contributed by atoms with Gasteiger partial charge in [-0.2, -0.15) is 10.4 Å². The average molecular weight is 507 g/mol. The molecule has 1 aromatic carbocycles. The molecule has 1 aliphatic rings. The molecule has 0 aliphatic heterocycles. The normalized spacial score (nSPS) is 16.8. The van der Waals surface area contributed by atoms with Gasteiger partial charge >= 0.3 is 6.03 Å². The van der Waals surface area contributed by atoms with E-state index in [-0.39, 0.29) is 18.1 Å². The topological polar surface area (TPSA) is 112 Å². The van der Waals surface area contributed by atoms with E-state index in [0.717, 1.165) is 54.0 Å². The minimum atomic E-state index is -0.130. The number of amides is 2. The van der Waals surface area contributed by atoms with Crippen LogP contribution in [-0.2, 0) is 13.6 Å². The number of carbonyl (C=O) groups is 1. The first-order valence-corrected chi connectivity index (χ1v) is 12.8. The van der Waals surface area contributed by atoms with Gasteiger partial charge in [-0.25, -0.2) is 9.78 Å². The van der Waals surface area contributed by atoms with Gasteiger partial charge in [-0.1, -0.05) is 30.3 Å². The zero-order valence-electron chi connectivity index (χ0n) is 21.3. The van der Waals surface area contributed by atoms with Crippen LogP contribution in [0.25, 0.3) is 11.3 Å². The van der Waals surface area contributed by atoms with Gasteiger partial charge in [0.2, 0.25) is 0 Å². The van der Waals surface area contributed by atoms with Crippen LogP contribution in [0.2, 0.25) is 0 Å². The van der Waals surface area contributed by atoms with Crippen LogP contribution < -0.4 is 15.5 Å². The highest BCUT2D eigenvalue weighted by Gasteiger charge is 2.30. The highest BCUT2D eigenvalue weighted by Crippen LogP contribution is 2.30. The van der Waals surface area contributed by atoms with Crippen molar-refractivity contribution in [2.24, 2.45) is 7.05 Å². The summed E-state index contributed by atoms with van der Waals surface area (Å²) in [7, 11) is 1.87. The molecule has 1 aliphatic carbocycles. The SMILES string of the molecule is Cn1cc(-c2ccc(N(C(=O)NCc3ccccc3)C3CCC(Nc4ccc(C#N)cn4)CC3)cn2)cn1. The molecule has 0 atom stereocenters. The first-order chi connectivity index (χ1) is 18.6. The fourth-order valence-electron chi connectivity index (χ4n) is 4.84. The Morgan fingerprint density at radius 1 is 1.03 bits per heavy atom. The van der Waals surface area contributed by atoms with Gasteiger partial charge in [0.1, 0.15) is 11.9 Å². The van der Waals surface area contributed by atoms with Crippen LogP contribution in [0.3, 0.4) is 0 Å². The maximum Gasteiger partial charge on any atom is 0.322 e. The molecule has 0 bridgehead atoms. The Bertz CT molecular complexity index is 1390. The highest BCUT2D eigenvalue weighted by molar-refractivity contribution is 5.92. The number of aromatic nitrogens is 4. The summed E-state index contributed by atoms with van der Waals surface area (Å²) in [5.41, 5.74) is 4.11. The van der Waals surface area contributed by atoms with Gasteiger partial charge in [0.05, 0.1) is 29.3 Å². The van der Waals surface area contributed by atoms with Crippen molar-refractivity contribution in [3.8, 4) is 17.3 Å². The molecule has 0 radical (unpaired) electrons. The van der Waals surface area contributed by atoms with E-state index in [1.54, 1.807) is 29.3 Å². The molecule has 0 unspecified atom stereocenters. The van der Waals surface area contributed by atoms with E-state index in [4.69, 9.17) is 5.26 Å². The van der Waals surface area contributed by atoms with Gasteiger partial charge in [-0.3, -0.25) is 14.6 Å². The van der Waals surface area contributed by atoms with Crippen LogP contribution in [0.1, 0.15) is 36.8 Å². The van der Waals surface area contributed by atoms with Crippen molar-refractivity contribution in [2.45, 2.75) is 44.3 Å². The fraction of sp³-hybridized carbons (Fsp3) is 0.276. The number of benzene rings is 1. The van der Waals surface area contributed by atoms with E-state index < -0.39 is 0 Å². The molecule has 0 saturated heterocycles. The molecule has 0 spiro atoms. The Balaban J connectivity index is 1.29. The Morgan fingerprint density at radius 2 is 1.84 bits per heavy atom. The van der Waals surface area contributed by atoms with Crippen molar-refractivity contribution >= 4 is 17.5 Å². The third-order valence-electron chi connectivity index (χ3n) is 6.84. The zero-order chi connectivity index (χ0) is 26.3. The summed E-state index contributed by atoms with van der Waals surface area (Å²) in [6, 6.07) is 19.7. The quantitative estimate of drug-likeness (QED) is 0.369. The summed E-state index contributed by atoms with van der Waals surface area (Å²) in [6.45, 7) is 0.457. The van der Waals surface area contributed by atoms with E-state index in [1.165, 1.54) is 0 Å². The van der Waals surface area contributed by atoms with Crippen molar-refractivity contribution in [2.75, 3.05) is 10.2 Å². The van der Waals surface area contributed by atoms with Crippen LogP contribution in [0, 0.1) is 11.3 Å². The Kier molecular flexibility index (Phi) is 7.59. The summed E-state index contributed by atoms with van der Waals surface area (Å²) in [6.07, 6.45) is 10.5. The molecular formula is C29H30N8O. The van der Waals surface area contributed by atoms with E-state index >= 15 is 0 Å². The molecule has 2 N–H and O–H groups in total. The summed E-state index contributed by atoms with van der Waals surface area (Å²) >= 11 is 0. The molecule has 3 aromatic heterocycles. The van der Waals surface area contributed by atoms with Gasteiger partial charge in [-0.05, 0) is 55.5 Å². The molecule has 192 valence electrons. The molecule has 1 fully saturated rings. The monoisotopic (exact) mass is 506 g/mol. The third-order valence-corrected chi connectivity index (χ3v) is 6.84. The smallest absolute Gasteiger partial charge is 0.322 e. The van der Waals surface area contributed by atoms with Gasteiger partial charge in [0.25, 0.3) is 0 Å². The molecule has 38 heavy (non-hydrogen) atoms. The predicted molar refractivity (Wildman–Crippen MR) is 146 cm³/mol. The van der Waals surface area contributed by atoms with Crippen LogP contribution in [0.5, 0.6) is 0 Å². The average Bonchev–Trinajstić information content (AvgIpc) is 3.40. The first kappa shape index (κ1) is 25.0. The van der Waals surface area contributed by atoms with E-state index in [1.807, 2.05) is 66.7 Å². The lowest BCUT2D eigenvalue weighted by molar-refractivity contribution is 0.240. The lowest BCUT2D eigenvalue weighted by Gasteiger charge is -2.37. The third kappa shape index (κ3) is 5.98. The molecule has 9 nitrogen and oxygen atoms in total. The van der Waals surface area contributed by atoms with E-state index in [9.17, 15) is 4.79 Å². The Hall–Kier alpha value is -4.71. The van der Waals surface area contributed by atoms with Gasteiger partial charge in [0.15, 0.2) is 0 Å². The van der Waals surface area contributed by atoms with Crippen molar-refractivity contribution in [3.63, 3.8) is 0 Å². The van der Waals surface area contributed by atoms with Gasteiger partial charge in [0, 0.05) is 43.6 Å². The second kappa shape index (κ2) is 11.6. The Morgan fingerprint density at radius 3 is 2.47 bits per heavy atom. The Labute approximate surface area is 222 Å². The second-order valence-electron chi connectivity index (χ2n) is 9.51. The van der Waals surface area contributed by atoms with Crippen molar-refractivity contribution in [3.05, 3.63) is 90.5 Å². The first-order valence-electron chi connectivity index (χ1n) is 12.8. The fourth-order valence-corrected chi connectivity index (χ4v) is 4.84. The molecular weight excluding hydrogens is 476 g/mol. The minimum absolute atomic E-state index is 0.0452. The maximum atomic E-state index is 13.5. The maximum absolute atomic E-state index is 13.5. The van der Waals surface area contributed by atoms with E-state index in [2.05, 4.69) is 31.8 Å². The lowest BCUT2D eigenvalue weighted by Crippen LogP contribution is -2.48. The summed E-state index contributed by atoms with van der Waals surface area (Å²) in [4.78, 5) is 24.4. The summed E-state index contributed by atoms with van der Waals surface area (Å²) < 4.78 is 1.74. The number of nitrogens with zero attached hydrogens (tertiary/aromatic N) is 6. The van der Waals surface area contributed by atoms with Crippen molar-refractivity contribution in [1.29, 1.82) is 5.26 Å². The molecule has 5 rings (SSSR count). The number of urea groups is 1. The minimum Gasteiger partial charge on any atom is -0.367 e. The number of pyridine rings is 2. The molecule has 2 amide bonds. The molecule has 9 heteroatoms. The summed E-state index contributed by atoms with van der Waals surface area (Å²) in [5, 5.41) is 19.8. The predicted octanol–water partition coefficient (Wildman–Crippen LogP) is 4.89. The lowest BCUT2D eigenvalue weighted by atomic mass is 9.90. The molecule has 1 saturated carbocycles. The highest BCUT2D eigenvalue weighted by atomic mass is 16.2. The van der Waals surface area contributed by atoms with Crippen molar-refractivity contribution in [1.82, 2.24) is 25.1 Å². The number of anilines is 2. The second-order valence-corrected chi connectivity index (χ2v) is 9.51. The molecule has 4 aromatic rings. The number of aryl methyl sites for hydroxylation is 1. The van der Waals surface area contributed by atoms with Crippen LogP contribution in [0.4, 0.5) is 16.3 Å². The van der Waals surface area contributed by atoms with Gasteiger partial charge in [-0.15, -0.1) is 0 Å². The number of hydrogen-bond donors (Lipinski definition) is 2. The number of hydrogen-bond acceptors (Lipinski definition) is 6. The number of carbonyl (C=O) groups excluding carboxylic acids is 1. The molecule has 3 heterocycles. The summed E-state index contributed by atoms with van der Waals surface area (Å²) in [5.74, 6) is 0.764.